The second-order valence-corrected chi connectivity index (χ2v) is 8.65. The van der Waals surface area contributed by atoms with E-state index in [4.69, 9.17) is 4.74 Å². The number of likely N-dealkylation sites (tertiary alicyclic amines) is 1. The summed E-state index contributed by atoms with van der Waals surface area (Å²) in [7, 11) is 0. The van der Waals surface area contributed by atoms with E-state index in [9.17, 15) is 9.59 Å². The maximum absolute atomic E-state index is 12.9. The Morgan fingerprint density at radius 1 is 1.03 bits per heavy atom. The number of ether oxygens (including phenoxy) is 1. The van der Waals surface area contributed by atoms with E-state index in [0.29, 0.717) is 50.4 Å². The smallest absolute Gasteiger partial charge is 0.276 e. The molecule has 2 saturated heterocycles. The molecule has 0 aromatic carbocycles. The van der Waals surface area contributed by atoms with Crippen LogP contribution in [0.25, 0.3) is 0 Å². The molecule has 3 heterocycles. The minimum absolute atomic E-state index is 0.0782. The molecule has 1 unspecified atom stereocenters. The van der Waals surface area contributed by atoms with Gasteiger partial charge in [0.05, 0.1) is 19.4 Å². The van der Waals surface area contributed by atoms with Crippen LogP contribution in [0, 0.1) is 5.92 Å². The first-order chi connectivity index (χ1) is 14.2. The van der Waals surface area contributed by atoms with Gasteiger partial charge in [-0.3, -0.25) is 14.3 Å². The Hall–Kier alpha value is -1.96. The van der Waals surface area contributed by atoms with E-state index in [1.54, 1.807) is 15.8 Å². The van der Waals surface area contributed by atoms with E-state index in [2.05, 4.69) is 15.2 Å². The average molecular weight is 404 g/mol. The number of morpholine rings is 1. The molecular weight excluding hydrogens is 370 g/mol. The van der Waals surface area contributed by atoms with Gasteiger partial charge in [0.25, 0.3) is 5.91 Å². The number of aromatic nitrogens is 3. The van der Waals surface area contributed by atoms with Crippen LogP contribution in [-0.4, -0.2) is 75.5 Å². The molecule has 0 bridgehead atoms. The SMILES string of the molecule is O=C(c1cn(CCC2CCCCN2C(=O)CC2CCCC2)nn1)N1CCOCC1. The molecule has 29 heavy (non-hydrogen) atoms. The molecule has 0 spiro atoms. The summed E-state index contributed by atoms with van der Waals surface area (Å²) in [5.41, 5.74) is 0.393. The number of rotatable bonds is 6. The predicted molar refractivity (Wildman–Crippen MR) is 107 cm³/mol. The molecule has 3 aliphatic rings. The molecule has 1 atom stereocenters. The van der Waals surface area contributed by atoms with Gasteiger partial charge in [0.2, 0.25) is 5.91 Å². The Labute approximate surface area is 172 Å². The first kappa shape index (κ1) is 20.3. The fourth-order valence-electron chi connectivity index (χ4n) is 4.92. The highest BCUT2D eigenvalue weighted by Gasteiger charge is 2.29. The highest BCUT2D eigenvalue weighted by atomic mass is 16.5. The molecule has 8 nitrogen and oxygen atoms in total. The van der Waals surface area contributed by atoms with Crippen molar-refractivity contribution in [3.05, 3.63) is 11.9 Å². The van der Waals surface area contributed by atoms with Crippen LogP contribution in [0.5, 0.6) is 0 Å². The summed E-state index contributed by atoms with van der Waals surface area (Å²) in [6.45, 7) is 3.92. The van der Waals surface area contributed by atoms with Crippen molar-refractivity contribution in [3.8, 4) is 0 Å². The first-order valence-corrected chi connectivity index (χ1v) is 11.3. The summed E-state index contributed by atoms with van der Waals surface area (Å²) in [5.74, 6) is 0.850. The highest BCUT2D eigenvalue weighted by Crippen LogP contribution is 2.30. The van der Waals surface area contributed by atoms with Crippen molar-refractivity contribution in [1.29, 1.82) is 0 Å². The zero-order valence-corrected chi connectivity index (χ0v) is 17.3. The third-order valence-corrected chi connectivity index (χ3v) is 6.63. The van der Waals surface area contributed by atoms with E-state index >= 15 is 0 Å². The Morgan fingerprint density at radius 3 is 2.59 bits per heavy atom. The normalized spacial score (nSPS) is 23.5. The molecule has 8 heteroatoms. The molecule has 0 N–H and O–H groups in total. The minimum Gasteiger partial charge on any atom is -0.378 e. The number of carbonyl (C=O) groups excluding carboxylic acids is 2. The number of amides is 2. The fourth-order valence-corrected chi connectivity index (χ4v) is 4.92. The third kappa shape index (κ3) is 5.15. The molecule has 2 aliphatic heterocycles. The van der Waals surface area contributed by atoms with Gasteiger partial charge < -0.3 is 14.5 Å². The van der Waals surface area contributed by atoms with Crippen LogP contribution < -0.4 is 0 Å². The van der Waals surface area contributed by atoms with Crippen molar-refractivity contribution in [2.24, 2.45) is 5.92 Å². The van der Waals surface area contributed by atoms with Gasteiger partial charge in [0.1, 0.15) is 0 Å². The maximum Gasteiger partial charge on any atom is 0.276 e. The summed E-state index contributed by atoms with van der Waals surface area (Å²) < 4.78 is 7.05. The van der Waals surface area contributed by atoms with Gasteiger partial charge >= 0.3 is 0 Å². The van der Waals surface area contributed by atoms with Crippen molar-refractivity contribution in [3.63, 3.8) is 0 Å². The standard InChI is InChI=1S/C21H33N5O3/c27-20(15-17-5-1-2-6-17)26-9-4-3-7-18(26)8-10-25-16-19(22-23-25)21(28)24-11-13-29-14-12-24/h16-18H,1-15H2. The van der Waals surface area contributed by atoms with Gasteiger partial charge in [-0.2, -0.15) is 0 Å². The van der Waals surface area contributed by atoms with Crippen LogP contribution in [0.3, 0.4) is 0 Å². The largest absolute Gasteiger partial charge is 0.378 e. The lowest BCUT2D eigenvalue weighted by molar-refractivity contribution is -0.136. The van der Waals surface area contributed by atoms with Gasteiger partial charge in [-0.1, -0.05) is 18.1 Å². The molecule has 1 aromatic heterocycles. The van der Waals surface area contributed by atoms with Gasteiger partial charge in [-0.25, -0.2) is 0 Å². The summed E-state index contributed by atoms with van der Waals surface area (Å²) in [5, 5.41) is 8.23. The van der Waals surface area contributed by atoms with Crippen LogP contribution in [-0.2, 0) is 16.1 Å². The Bertz CT molecular complexity index is 694. The zero-order valence-electron chi connectivity index (χ0n) is 17.3. The monoisotopic (exact) mass is 403 g/mol. The van der Waals surface area contributed by atoms with Crippen LogP contribution in [0.4, 0.5) is 0 Å². The maximum atomic E-state index is 12.9. The second-order valence-electron chi connectivity index (χ2n) is 8.65. The summed E-state index contributed by atoms with van der Waals surface area (Å²) in [6.07, 6.45) is 11.6. The van der Waals surface area contributed by atoms with E-state index in [1.807, 2.05) is 0 Å². The number of carbonyl (C=O) groups is 2. The Balaban J connectivity index is 1.30. The van der Waals surface area contributed by atoms with E-state index in [1.165, 1.54) is 32.1 Å². The van der Waals surface area contributed by atoms with Gasteiger partial charge in [0.15, 0.2) is 5.69 Å². The Morgan fingerprint density at radius 2 is 1.79 bits per heavy atom. The number of hydrogen-bond donors (Lipinski definition) is 0. The Kier molecular flexibility index (Phi) is 6.79. The molecule has 4 rings (SSSR count). The van der Waals surface area contributed by atoms with E-state index < -0.39 is 0 Å². The van der Waals surface area contributed by atoms with Gasteiger partial charge in [0, 0.05) is 38.6 Å². The van der Waals surface area contributed by atoms with Crippen LogP contribution in [0.1, 0.15) is 68.3 Å². The highest BCUT2D eigenvalue weighted by molar-refractivity contribution is 5.92. The van der Waals surface area contributed by atoms with Crippen LogP contribution >= 0.6 is 0 Å². The average Bonchev–Trinajstić information content (AvgIpc) is 3.45. The molecule has 1 aliphatic carbocycles. The fraction of sp³-hybridized carbons (Fsp3) is 0.810. The first-order valence-electron chi connectivity index (χ1n) is 11.3. The minimum atomic E-state index is -0.0782. The number of piperidine rings is 1. The number of nitrogens with zero attached hydrogens (tertiary/aromatic N) is 5. The molecule has 160 valence electrons. The summed E-state index contributed by atoms with van der Waals surface area (Å²) in [4.78, 5) is 29.3. The number of aryl methyl sites for hydroxylation is 1. The van der Waals surface area contributed by atoms with Crippen LogP contribution in [0.15, 0.2) is 6.20 Å². The van der Waals surface area contributed by atoms with Crippen molar-refractivity contribution >= 4 is 11.8 Å². The second kappa shape index (κ2) is 9.69. The lowest BCUT2D eigenvalue weighted by Crippen LogP contribution is -2.44. The summed E-state index contributed by atoms with van der Waals surface area (Å²) in [6, 6.07) is 0.278. The molecule has 1 aromatic rings. The molecule has 3 fully saturated rings. The van der Waals surface area contributed by atoms with Crippen molar-refractivity contribution in [2.45, 2.75) is 70.4 Å². The van der Waals surface area contributed by atoms with Crippen molar-refractivity contribution in [1.82, 2.24) is 24.8 Å². The summed E-state index contributed by atoms with van der Waals surface area (Å²) >= 11 is 0. The lowest BCUT2D eigenvalue weighted by Gasteiger charge is -2.36. The molecular formula is C21H33N5O3. The van der Waals surface area contributed by atoms with Crippen LogP contribution in [0.2, 0.25) is 0 Å². The third-order valence-electron chi connectivity index (χ3n) is 6.63. The van der Waals surface area contributed by atoms with E-state index in [-0.39, 0.29) is 11.9 Å². The number of hydrogen-bond acceptors (Lipinski definition) is 5. The molecule has 2 amide bonds. The lowest BCUT2D eigenvalue weighted by atomic mass is 9.96. The topological polar surface area (TPSA) is 80.6 Å². The van der Waals surface area contributed by atoms with Crippen molar-refractivity contribution in [2.75, 3.05) is 32.8 Å². The molecule has 1 saturated carbocycles. The zero-order chi connectivity index (χ0) is 20.1. The predicted octanol–water partition coefficient (Wildman–Crippen LogP) is 2.10. The van der Waals surface area contributed by atoms with Gasteiger partial charge in [-0.15, -0.1) is 5.10 Å². The molecule has 0 radical (unpaired) electrons. The quantitative estimate of drug-likeness (QED) is 0.727. The van der Waals surface area contributed by atoms with Crippen molar-refractivity contribution < 1.29 is 14.3 Å². The van der Waals surface area contributed by atoms with E-state index in [0.717, 1.165) is 32.2 Å². The van der Waals surface area contributed by atoms with Gasteiger partial charge in [-0.05, 0) is 44.4 Å².